The second kappa shape index (κ2) is 6.66. The van der Waals surface area contributed by atoms with Crippen LogP contribution in [0.15, 0.2) is 48.8 Å². The minimum absolute atomic E-state index is 0.0163. The van der Waals surface area contributed by atoms with Gasteiger partial charge in [-0.05, 0) is 28.8 Å². The summed E-state index contributed by atoms with van der Waals surface area (Å²) >= 11 is 0. The minimum Gasteiger partial charge on any atom is -0.392 e. The highest BCUT2D eigenvalue weighted by atomic mass is 16.3. The van der Waals surface area contributed by atoms with Gasteiger partial charge in [0, 0.05) is 18.9 Å². The van der Waals surface area contributed by atoms with Crippen LogP contribution in [0.2, 0.25) is 0 Å². The third kappa shape index (κ3) is 4.19. The van der Waals surface area contributed by atoms with E-state index in [9.17, 15) is 4.79 Å². The maximum absolute atomic E-state index is 11.7. The summed E-state index contributed by atoms with van der Waals surface area (Å²) in [5.41, 5.74) is 2.83. The number of aromatic nitrogens is 1. The molecule has 1 amide bonds. The lowest BCUT2D eigenvalue weighted by atomic mass is 10.1. The molecular weight excluding hydrogens is 240 g/mol. The molecule has 0 bridgehead atoms. The average Bonchev–Trinajstić information content (AvgIpc) is 2.47. The Morgan fingerprint density at radius 2 is 1.63 bits per heavy atom. The Bertz CT molecular complexity index is 524. The molecule has 2 rings (SSSR count). The molecule has 0 spiro atoms. The number of hydrogen-bond donors (Lipinski definition) is 2. The molecule has 0 saturated heterocycles. The van der Waals surface area contributed by atoms with Gasteiger partial charge in [0.15, 0.2) is 0 Å². The van der Waals surface area contributed by atoms with Crippen molar-refractivity contribution >= 4 is 5.91 Å². The lowest BCUT2D eigenvalue weighted by Gasteiger charge is -2.06. The molecular formula is C15H16N2O2. The van der Waals surface area contributed by atoms with Crippen molar-refractivity contribution in [3.8, 4) is 0 Å². The normalized spacial score (nSPS) is 10.2. The standard InChI is InChI=1S/C15H16N2O2/c18-11-14-3-1-13(2-4-14)10-17-15(19)9-12-5-7-16-8-6-12/h1-8,18H,9-11H2,(H,17,19). The van der Waals surface area contributed by atoms with Crippen LogP contribution in [0.5, 0.6) is 0 Å². The Balaban J connectivity index is 1.83. The molecule has 0 aliphatic carbocycles. The van der Waals surface area contributed by atoms with Crippen LogP contribution in [0.25, 0.3) is 0 Å². The average molecular weight is 256 g/mol. The van der Waals surface area contributed by atoms with Crippen LogP contribution in [0, 0.1) is 0 Å². The summed E-state index contributed by atoms with van der Waals surface area (Å²) in [4.78, 5) is 15.6. The SMILES string of the molecule is O=C(Cc1ccncc1)NCc1ccc(CO)cc1. The van der Waals surface area contributed by atoms with Crippen LogP contribution >= 0.6 is 0 Å². The lowest BCUT2D eigenvalue weighted by molar-refractivity contribution is -0.120. The highest BCUT2D eigenvalue weighted by molar-refractivity contribution is 5.78. The third-order valence-electron chi connectivity index (χ3n) is 2.81. The predicted molar refractivity (Wildman–Crippen MR) is 72.2 cm³/mol. The summed E-state index contributed by atoms with van der Waals surface area (Å²) in [6, 6.07) is 11.2. The van der Waals surface area contributed by atoms with Crippen LogP contribution < -0.4 is 5.32 Å². The van der Waals surface area contributed by atoms with Gasteiger partial charge in [-0.15, -0.1) is 0 Å². The molecule has 4 heteroatoms. The molecule has 1 heterocycles. The number of benzene rings is 1. The zero-order valence-corrected chi connectivity index (χ0v) is 10.5. The van der Waals surface area contributed by atoms with E-state index in [2.05, 4.69) is 10.3 Å². The first kappa shape index (κ1) is 13.2. The highest BCUT2D eigenvalue weighted by Crippen LogP contribution is 2.04. The third-order valence-corrected chi connectivity index (χ3v) is 2.81. The molecule has 0 atom stereocenters. The van der Waals surface area contributed by atoms with Crippen molar-refractivity contribution in [3.05, 3.63) is 65.5 Å². The zero-order chi connectivity index (χ0) is 13.5. The molecule has 98 valence electrons. The van der Waals surface area contributed by atoms with Crippen molar-refractivity contribution in [3.63, 3.8) is 0 Å². The number of carbonyl (C=O) groups is 1. The minimum atomic E-state index is -0.0163. The number of nitrogens with zero attached hydrogens (tertiary/aromatic N) is 1. The number of hydrogen-bond acceptors (Lipinski definition) is 3. The number of rotatable bonds is 5. The van der Waals surface area contributed by atoms with E-state index >= 15 is 0 Å². The summed E-state index contributed by atoms with van der Waals surface area (Å²) in [6.45, 7) is 0.532. The van der Waals surface area contributed by atoms with Crippen molar-refractivity contribution in [2.75, 3.05) is 0 Å². The van der Waals surface area contributed by atoms with Gasteiger partial charge in [-0.3, -0.25) is 9.78 Å². The van der Waals surface area contributed by atoms with Crippen LogP contribution in [-0.4, -0.2) is 16.0 Å². The quantitative estimate of drug-likeness (QED) is 0.850. The van der Waals surface area contributed by atoms with Crippen LogP contribution in [0.3, 0.4) is 0 Å². The Kier molecular flexibility index (Phi) is 4.64. The first-order chi connectivity index (χ1) is 9.28. The van der Waals surface area contributed by atoms with Gasteiger partial charge >= 0.3 is 0 Å². The van der Waals surface area contributed by atoms with Crippen molar-refractivity contribution in [1.82, 2.24) is 10.3 Å². The van der Waals surface area contributed by atoms with Gasteiger partial charge in [-0.2, -0.15) is 0 Å². The molecule has 1 aromatic heterocycles. The van der Waals surface area contributed by atoms with Gasteiger partial charge in [0.2, 0.25) is 5.91 Å². The van der Waals surface area contributed by atoms with Gasteiger partial charge in [0.25, 0.3) is 0 Å². The number of nitrogens with one attached hydrogen (secondary N) is 1. The van der Waals surface area contributed by atoms with Crippen molar-refractivity contribution in [2.45, 2.75) is 19.6 Å². The second-order valence-corrected chi connectivity index (χ2v) is 4.28. The molecule has 19 heavy (non-hydrogen) atoms. The van der Waals surface area contributed by atoms with Gasteiger partial charge in [0.1, 0.15) is 0 Å². The largest absolute Gasteiger partial charge is 0.392 e. The highest BCUT2D eigenvalue weighted by Gasteiger charge is 2.03. The van der Waals surface area contributed by atoms with Crippen LogP contribution in [0.4, 0.5) is 0 Å². The Hall–Kier alpha value is -2.20. The Morgan fingerprint density at radius 1 is 1.00 bits per heavy atom. The molecule has 0 aliphatic heterocycles. The van der Waals surface area contributed by atoms with E-state index in [1.54, 1.807) is 12.4 Å². The summed E-state index contributed by atoms with van der Waals surface area (Å²) in [6.07, 6.45) is 3.71. The van der Waals surface area contributed by atoms with Gasteiger partial charge < -0.3 is 10.4 Å². The number of pyridine rings is 1. The summed E-state index contributed by atoms with van der Waals surface area (Å²) in [5.74, 6) is -0.0163. The van der Waals surface area contributed by atoms with Crippen LogP contribution in [0.1, 0.15) is 16.7 Å². The number of carbonyl (C=O) groups excluding carboxylic acids is 1. The monoisotopic (exact) mass is 256 g/mol. The molecule has 0 fully saturated rings. The topological polar surface area (TPSA) is 62.2 Å². The smallest absolute Gasteiger partial charge is 0.224 e. The molecule has 2 aromatic rings. The zero-order valence-electron chi connectivity index (χ0n) is 10.5. The van der Waals surface area contributed by atoms with E-state index in [1.165, 1.54) is 0 Å². The number of aliphatic hydroxyl groups is 1. The fourth-order valence-corrected chi connectivity index (χ4v) is 1.71. The maximum Gasteiger partial charge on any atom is 0.224 e. The molecule has 2 N–H and O–H groups in total. The van der Waals surface area contributed by atoms with E-state index in [1.807, 2.05) is 36.4 Å². The van der Waals surface area contributed by atoms with Crippen LogP contribution in [-0.2, 0) is 24.4 Å². The molecule has 0 radical (unpaired) electrons. The van der Waals surface area contributed by atoms with E-state index in [0.29, 0.717) is 13.0 Å². The van der Waals surface area contributed by atoms with Gasteiger partial charge in [-0.1, -0.05) is 24.3 Å². The molecule has 0 aliphatic rings. The summed E-state index contributed by atoms with van der Waals surface area (Å²) < 4.78 is 0. The molecule has 4 nitrogen and oxygen atoms in total. The second-order valence-electron chi connectivity index (χ2n) is 4.28. The fraction of sp³-hybridized carbons (Fsp3) is 0.200. The van der Waals surface area contributed by atoms with Gasteiger partial charge in [-0.25, -0.2) is 0 Å². The van der Waals surface area contributed by atoms with E-state index in [0.717, 1.165) is 16.7 Å². The van der Waals surface area contributed by atoms with E-state index < -0.39 is 0 Å². The Labute approximate surface area is 112 Å². The molecule has 1 aromatic carbocycles. The van der Waals surface area contributed by atoms with Crippen molar-refractivity contribution < 1.29 is 9.90 Å². The first-order valence-corrected chi connectivity index (χ1v) is 6.12. The number of aliphatic hydroxyl groups excluding tert-OH is 1. The summed E-state index contributed by atoms with van der Waals surface area (Å²) in [7, 11) is 0. The predicted octanol–water partition coefficient (Wildman–Crippen LogP) is 1.43. The maximum atomic E-state index is 11.7. The molecule has 0 unspecified atom stereocenters. The first-order valence-electron chi connectivity index (χ1n) is 6.12. The van der Waals surface area contributed by atoms with Crippen molar-refractivity contribution in [2.24, 2.45) is 0 Å². The van der Waals surface area contributed by atoms with E-state index in [-0.39, 0.29) is 12.5 Å². The van der Waals surface area contributed by atoms with Crippen molar-refractivity contribution in [1.29, 1.82) is 0 Å². The molecule has 0 saturated carbocycles. The van der Waals surface area contributed by atoms with Gasteiger partial charge in [0.05, 0.1) is 13.0 Å². The fourth-order valence-electron chi connectivity index (χ4n) is 1.71. The Morgan fingerprint density at radius 3 is 2.26 bits per heavy atom. The number of amides is 1. The van der Waals surface area contributed by atoms with E-state index in [4.69, 9.17) is 5.11 Å². The lowest BCUT2D eigenvalue weighted by Crippen LogP contribution is -2.24. The summed E-state index contributed by atoms with van der Waals surface area (Å²) in [5, 5.41) is 11.8.